The van der Waals surface area contributed by atoms with E-state index in [9.17, 15) is 14.4 Å². The first-order valence-corrected chi connectivity index (χ1v) is 5.37. The van der Waals surface area contributed by atoms with E-state index in [1.165, 1.54) is 15.5 Å². The lowest BCUT2D eigenvalue weighted by molar-refractivity contribution is -0.140. The van der Waals surface area contributed by atoms with Crippen LogP contribution in [0.5, 0.6) is 0 Å². The molecular formula is C11H13N3O3. The molecule has 0 unspecified atom stereocenters. The Kier molecular flexibility index (Phi) is 3.22. The van der Waals surface area contributed by atoms with Crippen LogP contribution >= 0.6 is 0 Å². The van der Waals surface area contributed by atoms with Crippen LogP contribution in [-0.4, -0.2) is 40.9 Å². The first kappa shape index (κ1) is 11.4. The van der Waals surface area contributed by atoms with Gasteiger partial charge in [-0.3, -0.25) is 14.4 Å². The molecule has 1 N–H and O–H groups in total. The predicted molar refractivity (Wildman–Crippen MR) is 60.3 cm³/mol. The number of hydrogen-bond donors (Lipinski definition) is 1. The number of rotatable bonds is 3. The topological polar surface area (TPSA) is 71.4 Å². The Labute approximate surface area is 97.8 Å². The van der Waals surface area contributed by atoms with Gasteiger partial charge in [0.15, 0.2) is 0 Å². The molecule has 2 amide bonds. The molecule has 0 saturated carbocycles. The van der Waals surface area contributed by atoms with Crippen LogP contribution in [0.1, 0.15) is 0 Å². The third-order valence-corrected chi connectivity index (χ3v) is 2.63. The van der Waals surface area contributed by atoms with Gasteiger partial charge in [-0.1, -0.05) is 6.07 Å². The van der Waals surface area contributed by atoms with Gasteiger partial charge in [-0.15, -0.1) is 0 Å². The Morgan fingerprint density at radius 1 is 1.18 bits per heavy atom. The summed E-state index contributed by atoms with van der Waals surface area (Å²) in [6.45, 7) is 0.887. The number of pyridine rings is 1. The lowest BCUT2D eigenvalue weighted by atomic mass is 10.3. The molecular weight excluding hydrogens is 222 g/mol. The van der Waals surface area contributed by atoms with Crippen molar-refractivity contribution in [3.8, 4) is 0 Å². The first-order valence-electron chi connectivity index (χ1n) is 5.37. The van der Waals surface area contributed by atoms with Crippen molar-refractivity contribution in [3.63, 3.8) is 0 Å². The molecule has 17 heavy (non-hydrogen) atoms. The Balaban J connectivity index is 1.98. The number of carbonyl (C=O) groups excluding carboxylic acids is 2. The predicted octanol–water partition coefficient (Wildman–Crippen LogP) is -1.19. The molecule has 1 fully saturated rings. The molecule has 6 nitrogen and oxygen atoms in total. The number of nitrogens with zero attached hydrogens (tertiary/aromatic N) is 2. The summed E-state index contributed by atoms with van der Waals surface area (Å²) < 4.78 is 1.51. The van der Waals surface area contributed by atoms with Crippen molar-refractivity contribution in [2.24, 2.45) is 0 Å². The first-order chi connectivity index (χ1) is 8.16. The highest BCUT2D eigenvalue weighted by Crippen LogP contribution is 1.96. The fourth-order valence-corrected chi connectivity index (χ4v) is 1.68. The van der Waals surface area contributed by atoms with E-state index in [-0.39, 0.29) is 30.5 Å². The van der Waals surface area contributed by atoms with Gasteiger partial charge < -0.3 is 14.8 Å². The van der Waals surface area contributed by atoms with Gasteiger partial charge in [0.1, 0.15) is 0 Å². The minimum absolute atomic E-state index is 0.0442. The third kappa shape index (κ3) is 2.72. The van der Waals surface area contributed by atoms with Crippen molar-refractivity contribution in [3.05, 3.63) is 34.7 Å². The second kappa shape index (κ2) is 4.82. The molecule has 2 heterocycles. The molecule has 0 bridgehead atoms. The SMILES string of the molecule is O=C1CN(CCn2ccccc2=O)C(=O)CN1. The fraction of sp³-hybridized carbons (Fsp3) is 0.364. The van der Waals surface area contributed by atoms with E-state index in [0.29, 0.717) is 13.1 Å². The van der Waals surface area contributed by atoms with Gasteiger partial charge in [0.25, 0.3) is 5.56 Å². The van der Waals surface area contributed by atoms with Crippen molar-refractivity contribution < 1.29 is 9.59 Å². The highest BCUT2D eigenvalue weighted by atomic mass is 16.2. The van der Waals surface area contributed by atoms with Crippen LogP contribution in [0.4, 0.5) is 0 Å². The van der Waals surface area contributed by atoms with Gasteiger partial charge >= 0.3 is 0 Å². The average molecular weight is 235 g/mol. The fourth-order valence-electron chi connectivity index (χ4n) is 1.68. The second-order valence-electron chi connectivity index (χ2n) is 3.82. The van der Waals surface area contributed by atoms with E-state index in [1.54, 1.807) is 18.3 Å². The number of hydrogen-bond acceptors (Lipinski definition) is 3. The highest BCUT2D eigenvalue weighted by molar-refractivity contribution is 5.92. The minimum Gasteiger partial charge on any atom is -0.345 e. The molecule has 0 atom stereocenters. The van der Waals surface area contributed by atoms with Gasteiger partial charge in [0.2, 0.25) is 11.8 Å². The lowest BCUT2D eigenvalue weighted by Crippen LogP contribution is -2.52. The number of nitrogens with one attached hydrogen (secondary N) is 1. The second-order valence-corrected chi connectivity index (χ2v) is 3.82. The molecule has 1 aliphatic heterocycles. The van der Waals surface area contributed by atoms with E-state index in [1.807, 2.05) is 0 Å². The average Bonchev–Trinajstić information content (AvgIpc) is 2.32. The van der Waals surface area contributed by atoms with Gasteiger partial charge in [0, 0.05) is 25.4 Å². The maximum atomic E-state index is 11.5. The molecule has 90 valence electrons. The van der Waals surface area contributed by atoms with E-state index < -0.39 is 0 Å². The van der Waals surface area contributed by atoms with Gasteiger partial charge in [0.05, 0.1) is 13.1 Å². The molecule has 2 rings (SSSR count). The quantitative estimate of drug-likeness (QED) is 0.716. The standard InChI is InChI=1S/C11H13N3O3/c15-9-8-14(11(17)7-12-9)6-5-13-4-2-1-3-10(13)16/h1-4H,5-8H2,(H,12,15). The molecule has 6 heteroatoms. The highest BCUT2D eigenvalue weighted by Gasteiger charge is 2.22. The summed E-state index contributed by atoms with van der Waals surface area (Å²) in [6, 6.07) is 4.88. The van der Waals surface area contributed by atoms with E-state index >= 15 is 0 Å². The van der Waals surface area contributed by atoms with Gasteiger partial charge in [-0.2, -0.15) is 0 Å². The largest absolute Gasteiger partial charge is 0.345 e. The zero-order valence-electron chi connectivity index (χ0n) is 9.26. The number of piperazine rings is 1. The van der Waals surface area contributed by atoms with Crippen LogP contribution in [0.3, 0.4) is 0 Å². The maximum absolute atomic E-state index is 11.5. The molecule has 1 saturated heterocycles. The van der Waals surface area contributed by atoms with Gasteiger partial charge in [-0.05, 0) is 6.07 Å². The summed E-state index contributed by atoms with van der Waals surface area (Å²) >= 11 is 0. The Morgan fingerprint density at radius 2 is 2.00 bits per heavy atom. The summed E-state index contributed by atoms with van der Waals surface area (Å²) in [4.78, 5) is 35.5. The van der Waals surface area contributed by atoms with Crippen LogP contribution in [0.25, 0.3) is 0 Å². The van der Waals surface area contributed by atoms with Crippen LogP contribution < -0.4 is 10.9 Å². The molecule has 0 radical (unpaired) electrons. The van der Waals surface area contributed by atoms with Crippen molar-refractivity contribution in [2.45, 2.75) is 6.54 Å². The third-order valence-electron chi connectivity index (χ3n) is 2.63. The Hall–Kier alpha value is -2.11. The van der Waals surface area contributed by atoms with Crippen molar-refractivity contribution in [1.82, 2.24) is 14.8 Å². The smallest absolute Gasteiger partial charge is 0.250 e. The van der Waals surface area contributed by atoms with E-state index in [4.69, 9.17) is 0 Å². The zero-order chi connectivity index (χ0) is 12.3. The Morgan fingerprint density at radius 3 is 2.76 bits per heavy atom. The summed E-state index contributed by atoms with van der Waals surface area (Å²) in [7, 11) is 0. The maximum Gasteiger partial charge on any atom is 0.250 e. The van der Waals surface area contributed by atoms with Gasteiger partial charge in [-0.25, -0.2) is 0 Å². The number of carbonyl (C=O) groups is 2. The van der Waals surface area contributed by atoms with Crippen molar-refractivity contribution >= 4 is 11.8 Å². The minimum atomic E-state index is -0.162. The van der Waals surface area contributed by atoms with Crippen LogP contribution in [0.2, 0.25) is 0 Å². The lowest BCUT2D eigenvalue weighted by Gasteiger charge is -2.26. The van der Waals surface area contributed by atoms with Crippen LogP contribution in [0.15, 0.2) is 29.2 Å². The normalized spacial score (nSPS) is 15.9. The molecule has 0 aromatic carbocycles. The molecule has 0 spiro atoms. The van der Waals surface area contributed by atoms with Crippen LogP contribution in [0, 0.1) is 0 Å². The number of amides is 2. The van der Waals surface area contributed by atoms with E-state index in [2.05, 4.69) is 5.32 Å². The monoisotopic (exact) mass is 235 g/mol. The Bertz CT molecular complexity index is 495. The van der Waals surface area contributed by atoms with E-state index in [0.717, 1.165) is 0 Å². The summed E-state index contributed by atoms with van der Waals surface area (Å²) in [5.41, 5.74) is -0.110. The van der Waals surface area contributed by atoms with Crippen LogP contribution in [-0.2, 0) is 16.1 Å². The van der Waals surface area contributed by atoms with Crippen molar-refractivity contribution in [2.75, 3.05) is 19.6 Å². The molecule has 1 aliphatic rings. The summed E-state index contributed by atoms with van der Waals surface area (Å²) in [6.07, 6.45) is 1.66. The summed E-state index contributed by atoms with van der Waals surface area (Å²) in [5.74, 6) is -0.279. The molecule has 1 aromatic heterocycles. The van der Waals surface area contributed by atoms with Crippen molar-refractivity contribution in [1.29, 1.82) is 0 Å². The molecule has 1 aromatic rings. The molecule has 0 aliphatic carbocycles. The zero-order valence-corrected chi connectivity index (χ0v) is 9.26. The number of aromatic nitrogens is 1. The summed E-state index contributed by atoms with van der Waals surface area (Å²) in [5, 5.41) is 2.47.